The molecule has 2 aliphatic heterocycles. The summed E-state index contributed by atoms with van der Waals surface area (Å²) in [5, 5.41) is 7.20. The lowest BCUT2D eigenvalue weighted by atomic mass is 9.63. The molecule has 0 unspecified atom stereocenters. The Morgan fingerprint density at radius 1 is 0.393 bits per heavy atom. The lowest BCUT2D eigenvalue weighted by Crippen LogP contribution is -2.74. The van der Waals surface area contributed by atoms with Crippen LogP contribution >= 0.6 is 0 Å². The van der Waals surface area contributed by atoms with Crippen LogP contribution in [-0.4, -0.2) is 21.1 Å². The van der Waals surface area contributed by atoms with Crippen LogP contribution in [-0.2, 0) is 15.3 Å². The van der Waals surface area contributed by atoms with Crippen molar-refractivity contribution in [3.63, 3.8) is 0 Å². The van der Waals surface area contributed by atoms with Gasteiger partial charge in [-0.05, 0) is 80.4 Å². The van der Waals surface area contributed by atoms with Crippen LogP contribution in [0.15, 0.2) is 234 Å². The Kier molecular flexibility index (Phi) is 7.82. The molecule has 4 nitrogen and oxygen atoms in total. The van der Waals surface area contributed by atoms with Gasteiger partial charge in [-0.15, -0.1) is 0 Å². The smallest absolute Gasteiger partial charge is 0.207 e. The summed E-state index contributed by atoms with van der Waals surface area (Å²) in [5.41, 5.74) is 5.12. The molecule has 0 atom stereocenters. The summed E-state index contributed by atoms with van der Waals surface area (Å²) in [6.07, 6.45) is 0. The third kappa shape index (κ3) is 4.89. The van der Waals surface area contributed by atoms with Crippen LogP contribution < -0.4 is 25.5 Å². The fourth-order valence-electron chi connectivity index (χ4n) is 10.6. The van der Waals surface area contributed by atoms with Crippen molar-refractivity contribution in [2.75, 3.05) is 0 Å². The zero-order valence-electron chi connectivity index (χ0n) is 32.9. The van der Waals surface area contributed by atoms with E-state index in [2.05, 4.69) is 162 Å². The van der Waals surface area contributed by atoms with Gasteiger partial charge in [-0.2, -0.15) is 0 Å². The molecule has 1 spiro atoms. The average molecular weight is 820 g/mol. The highest BCUT2D eigenvalue weighted by atomic mass is 32.2. The Balaban J connectivity index is 1.14. The highest BCUT2D eigenvalue weighted by Crippen LogP contribution is 2.60. The van der Waals surface area contributed by atoms with E-state index in [0.29, 0.717) is 21.3 Å². The van der Waals surface area contributed by atoms with Gasteiger partial charge in [0.25, 0.3) is 0 Å². The van der Waals surface area contributed by atoms with Gasteiger partial charge in [-0.1, -0.05) is 176 Å². The van der Waals surface area contributed by atoms with Crippen molar-refractivity contribution in [3.8, 4) is 17.2 Å². The standard InChI is InChI=1S/C55H37NO3SSi/c57-60(58)53-31-17-13-27-47(53)55(45-25-11-15-29-51(45)59-52-30-16-12-26-46(52)55)48-36-44-43-24-10-14-28-49(43)56(50(44)37-54(48)60)38-32-34-42(35-33-38)61(39-18-4-1-5-19-39,40-20-6-2-7-21-40)41-22-8-3-9-23-41/h1-37H. The summed E-state index contributed by atoms with van der Waals surface area (Å²) in [5.74, 6) is 1.43. The van der Waals surface area contributed by atoms with Gasteiger partial charge in [-0.3, -0.25) is 0 Å². The van der Waals surface area contributed by atoms with Crippen LogP contribution in [0.3, 0.4) is 0 Å². The Labute approximate surface area is 355 Å². The van der Waals surface area contributed by atoms with Crippen LogP contribution in [0.5, 0.6) is 11.5 Å². The summed E-state index contributed by atoms with van der Waals surface area (Å²) in [6.45, 7) is 0. The highest BCUT2D eigenvalue weighted by Gasteiger charge is 2.53. The number of hydrogen-bond acceptors (Lipinski definition) is 3. The minimum Gasteiger partial charge on any atom is -0.457 e. The van der Waals surface area contributed by atoms with Gasteiger partial charge in [0.2, 0.25) is 9.84 Å². The van der Waals surface area contributed by atoms with Gasteiger partial charge >= 0.3 is 0 Å². The fraction of sp³-hybridized carbons (Fsp3) is 0.0182. The van der Waals surface area contributed by atoms with Crippen molar-refractivity contribution in [2.24, 2.45) is 0 Å². The molecule has 0 bridgehead atoms. The highest BCUT2D eigenvalue weighted by molar-refractivity contribution is 7.91. The molecule has 2 aliphatic rings. The summed E-state index contributed by atoms with van der Waals surface area (Å²) in [6, 6.07) is 77.9. The van der Waals surface area contributed by atoms with Gasteiger partial charge in [0.15, 0.2) is 8.07 Å². The molecular weight excluding hydrogens is 783 g/mol. The molecule has 290 valence electrons. The van der Waals surface area contributed by atoms with Crippen LogP contribution in [0.2, 0.25) is 0 Å². The first kappa shape index (κ1) is 35.7. The van der Waals surface area contributed by atoms with E-state index in [1.807, 2.05) is 60.7 Å². The zero-order valence-corrected chi connectivity index (χ0v) is 34.8. The second kappa shape index (κ2) is 13.4. The molecule has 6 heteroatoms. The van der Waals surface area contributed by atoms with Gasteiger partial charge in [0.1, 0.15) is 11.5 Å². The molecule has 3 heterocycles. The monoisotopic (exact) mass is 819 g/mol. The molecule has 0 saturated carbocycles. The summed E-state index contributed by atoms with van der Waals surface area (Å²) >= 11 is 0. The number of ether oxygens (including phenoxy) is 1. The molecule has 0 amide bonds. The summed E-state index contributed by atoms with van der Waals surface area (Å²) in [4.78, 5) is 0.610. The first-order valence-corrected chi connectivity index (χ1v) is 24.1. The van der Waals surface area contributed by atoms with Crippen LogP contribution in [0, 0.1) is 0 Å². The van der Waals surface area contributed by atoms with Gasteiger partial charge in [-0.25, -0.2) is 8.42 Å². The molecule has 61 heavy (non-hydrogen) atoms. The Morgan fingerprint density at radius 3 is 1.46 bits per heavy atom. The SMILES string of the molecule is O=S1(=O)c2ccccc2C2(c3ccccc3Oc3ccccc32)c2cc3c4ccccc4n(-c4ccc([Si](c5ccccc5)(c5ccccc5)c5ccccc5)cc4)c3cc21. The predicted molar refractivity (Wildman–Crippen MR) is 248 cm³/mol. The van der Waals surface area contributed by atoms with E-state index in [-0.39, 0.29) is 0 Å². The second-order valence-electron chi connectivity index (χ2n) is 16.0. The molecular formula is C55H37NO3SSi. The van der Waals surface area contributed by atoms with Crippen LogP contribution in [0.4, 0.5) is 0 Å². The predicted octanol–water partition coefficient (Wildman–Crippen LogP) is 9.80. The van der Waals surface area contributed by atoms with Crippen molar-refractivity contribution in [3.05, 3.63) is 247 Å². The minimum absolute atomic E-state index is 0.300. The van der Waals surface area contributed by atoms with E-state index in [4.69, 9.17) is 4.74 Å². The first-order chi connectivity index (χ1) is 30.0. The third-order valence-corrected chi connectivity index (χ3v) is 19.7. The van der Waals surface area contributed by atoms with Crippen molar-refractivity contribution in [1.82, 2.24) is 4.57 Å². The number of hydrogen-bond donors (Lipinski definition) is 0. The van der Waals surface area contributed by atoms with Gasteiger partial charge in [0.05, 0.1) is 26.2 Å². The lowest BCUT2D eigenvalue weighted by molar-refractivity contribution is 0.429. The lowest BCUT2D eigenvalue weighted by Gasteiger charge is -2.45. The molecule has 1 aromatic heterocycles. The molecule has 0 radical (unpaired) electrons. The number of fused-ring (bicyclic) bond motifs is 11. The van der Waals surface area contributed by atoms with Crippen molar-refractivity contribution in [2.45, 2.75) is 15.2 Å². The molecule has 0 N–H and O–H groups in total. The number of nitrogens with zero attached hydrogens (tertiary/aromatic N) is 1. The van der Waals surface area contributed by atoms with Gasteiger partial charge in [0, 0.05) is 27.6 Å². The second-order valence-corrected chi connectivity index (χ2v) is 21.7. The summed E-state index contributed by atoms with van der Waals surface area (Å²) < 4.78 is 39.2. The van der Waals surface area contributed by atoms with E-state index in [0.717, 1.165) is 49.7 Å². The normalized spacial score (nSPS) is 14.4. The van der Waals surface area contributed by atoms with E-state index < -0.39 is 23.3 Å². The van der Waals surface area contributed by atoms with E-state index in [1.54, 1.807) is 6.07 Å². The number of rotatable bonds is 5. The van der Waals surface area contributed by atoms with Crippen LogP contribution in [0.25, 0.3) is 27.5 Å². The molecule has 9 aromatic carbocycles. The first-order valence-electron chi connectivity index (χ1n) is 20.6. The van der Waals surface area contributed by atoms with Crippen molar-refractivity contribution in [1.29, 1.82) is 0 Å². The Bertz CT molecular complexity index is 3310. The largest absolute Gasteiger partial charge is 0.457 e. The molecule has 10 aromatic rings. The maximum absolute atomic E-state index is 15.2. The quantitative estimate of drug-likeness (QED) is 0.128. The molecule has 0 saturated heterocycles. The molecule has 12 rings (SSSR count). The Hall–Kier alpha value is -7.25. The Morgan fingerprint density at radius 2 is 0.869 bits per heavy atom. The number of para-hydroxylation sites is 3. The van der Waals surface area contributed by atoms with Crippen molar-refractivity contribution < 1.29 is 13.2 Å². The average Bonchev–Trinajstić information content (AvgIpc) is 3.65. The van der Waals surface area contributed by atoms with E-state index in [9.17, 15) is 0 Å². The number of sulfone groups is 1. The zero-order chi connectivity index (χ0) is 40.8. The minimum atomic E-state index is -3.98. The number of aromatic nitrogens is 1. The maximum atomic E-state index is 15.2. The maximum Gasteiger partial charge on any atom is 0.207 e. The number of benzene rings is 9. The van der Waals surface area contributed by atoms with Crippen LogP contribution in [0.1, 0.15) is 22.3 Å². The topological polar surface area (TPSA) is 48.3 Å². The summed E-state index contributed by atoms with van der Waals surface area (Å²) in [7, 11) is -6.74. The van der Waals surface area contributed by atoms with Gasteiger partial charge < -0.3 is 9.30 Å². The third-order valence-electron chi connectivity index (χ3n) is 13.0. The molecule has 0 fully saturated rings. The fourth-order valence-corrected chi connectivity index (χ4v) is 17.1. The van der Waals surface area contributed by atoms with E-state index >= 15 is 8.42 Å². The van der Waals surface area contributed by atoms with Crippen molar-refractivity contribution >= 4 is 60.5 Å². The molecule has 0 aliphatic carbocycles. The van der Waals surface area contributed by atoms with E-state index in [1.165, 1.54) is 20.7 Å².